The first-order valence-corrected chi connectivity index (χ1v) is 9.63. The van der Waals surface area contributed by atoms with Crippen molar-refractivity contribution in [2.24, 2.45) is 0 Å². The topological polar surface area (TPSA) is 46.9 Å². The van der Waals surface area contributed by atoms with Crippen LogP contribution in [0.2, 0.25) is 0 Å². The van der Waals surface area contributed by atoms with E-state index in [4.69, 9.17) is 0 Å². The van der Waals surface area contributed by atoms with Crippen LogP contribution in [0, 0.1) is 6.92 Å². The zero-order valence-electron chi connectivity index (χ0n) is 13.8. The molecule has 0 aliphatic rings. The minimum atomic E-state index is -0.00822. The fourth-order valence-electron chi connectivity index (χ4n) is 2.34. The van der Waals surface area contributed by atoms with Gasteiger partial charge in [-0.3, -0.25) is 4.79 Å². The zero-order valence-corrected chi connectivity index (χ0v) is 16.2. The number of hydrogen-bond donors (Lipinski definition) is 1. The van der Waals surface area contributed by atoms with Gasteiger partial charge in [0.25, 0.3) is 0 Å². The van der Waals surface area contributed by atoms with Gasteiger partial charge >= 0.3 is 0 Å². The quantitative estimate of drug-likeness (QED) is 0.591. The fourth-order valence-corrected chi connectivity index (χ4v) is 3.30. The van der Waals surface area contributed by atoms with Gasteiger partial charge in [-0.15, -0.1) is 11.8 Å². The molecule has 0 aliphatic carbocycles. The SMILES string of the molecule is Cc1nccn1Cc1ccc(NC(=O)CSc2ccc(Br)cc2)cc1. The lowest BCUT2D eigenvalue weighted by molar-refractivity contribution is -0.113. The molecule has 1 aromatic heterocycles. The van der Waals surface area contributed by atoms with Crippen LogP contribution in [0.15, 0.2) is 70.3 Å². The Labute approximate surface area is 159 Å². The molecule has 3 rings (SSSR count). The molecule has 0 bridgehead atoms. The van der Waals surface area contributed by atoms with Gasteiger partial charge in [-0.1, -0.05) is 28.1 Å². The summed E-state index contributed by atoms with van der Waals surface area (Å²) in [7, 11) is 0. The van der Waals surface area contributed by atoms with Crippen molar-refractivity contribution >= 4 is 39.3 Å². The first kappa shape index (κ1) is 17.8. The number of imidazole rings is 1. The molecule has 3 aromatic rings. The summed E-state index contributed by atoms with van der Waals surface area (Å²) in [5.74, 6) is 1.37. The Bertz CT molecular complexity index is 844. The number of nitrogens with zero attached hydrogens (tertiary/aromatic N) is 2. The maximum absolute atomic E-state index is 12.1. The Balaban J connectivity index is 1.51. The van der Waals surface area contributed by atoms with Crippen LogP contribution in [-0.4, -0.2) is 21.2 Å². The lowest BCUT2D eigenvalue weighted by Gasteiger charge is -2.08. The molecule has 0 radical (unpaired) electrons. The molecule has 25 heavy (non-hydrogen) atoms. The van der Waals surface area contributed by atoms with Crippen molar-refractivity contribution < 1.29 is 4.79 Å². The number of rotatable bonds is 6. The van der Waals surface area contributed by atoms with Gasteiger partial charge in [0.1, 0.15) is 5.82 Å². The molecule has 0 saturated heterocycles. The molecule has 0 spiro atoms. The number of aryl methyl sites for hydroxylation is 1. The normalized spacial score (nSPS) is 10.6. The molecule has 0 unspecified atom stereocenters. The highest BCUT2D eigenvalue weighted by Gasteiger charge is 2.05. The Morgan fingerprint density at radius 3 is 2.52 bits per heavy atom. The van der Waals surface area contributed by atoms with Crippen molar-refractivity contribution in [3.63, 3.8) is 0 Å². The van der Waals surface area contributed by atoms with Gasteiger partial charge in [-0.05, 0) is 48.9 Å². The molecular formula is C19H18BrN3OS. The van der Waals surface area contributed by atoms with Crippen LogP contribution >= 0.6 is 27.7 Å². The van der Waals surface area contributed by atoms with Gasteiger partial charge in [0.2, 0.25) is 5.91 Å². The molecular weight excluding hydrogens is 398 g/mol. The van der Waals surface area contributed by atoms with Crippen LogP contribution in [0.25, 0.3) is 0 Å². The number of carbonyl (C=O) groups excluding carboxylic acids is 1. The number of carbonyl (C=O) groups is 1. The summed E-state index contributed by atoms with van der Waals surface area (Å²) in [5, 5.41) is 2.93. The number of hydrogen-bond acceptors (Lipinski definition) is 3. The average Bonchev–Trinajstić information content (AvgIpc) is 3.01. The number of aromatic nitrogens is 2. The largest absolute Gasteiger partial charge is 0.331 e. The Morgan fingerprint density at radius 1 is 1.16 bits per heavy atom. The Hall–Kier alpha value is -2.05. The van der Waals surface area contributed by atoms with Gasteiger partial charge in [0.15, 0.2) is 0 Å². The van der Waals surface area contributed by atoms with Crippen LogP contribution in [-0.2, 0) is 11.3 Å². The van der Waals surface area contributed by atoms with E-state index in [2.05, 4.69) is 30.8 Å². The van der Waals surface area contributed by atoms with E-state index in [9.17, 15) is 4.79 Å². The second-order valence-electron chi connectivity index (χ2n) is 5.59. The van der Waals surface area contributed by atoms with E-state index >= 15 is 0 Å². The van der Waals surface area contributed by atoms with E-state index < -0.39 is 0 Å². The van der Waals surface area contributed by atoms with Crippen LogP contribution in [0.1, 0.15) is 11.4 Å². The third-order valence-corrected chi connectivity index (χ3v) is 5.24. The van der Waals surface area contributed by atoms with Crippen molar-refractivity contribution in [3.8, 4) is 0 Å². The summed E-state index contributed by atoms with van der Waals surface area (Å²) in [4.78, 5) is 17.4. The molecule has 6 heteroatoms. The van der Waals surface area contributed by atoms with Gasteiger partial charge in [0.05, 0.1) is 5.75 Å². The molecule has 0 fully saturated rings. The Kier molecular flexibility index (Phi) is 5.94. The molecule has 1 N–H and O–H groups in total. The standard InChI is InChI=1S/C19H18BrN3OS/c1-14-21-10-11-23(14)12-15-2-6-17(7-3-15)22-19(24)13-25-18-8-4-16(20)5-9-18/h2-11H,12-13H2,1H3,(H,22,24). The molecule has 0 saturated carbocycles. The number of nitrogens with one attached hydrogen (secondary N) is 1. The first-order chi connectivity index (χ1) is 12.1. The summed E-state index contributed by atoms with van der Waals surface area (Å²) in [6.07, 6.45) is 3.76. The molecule has 0 aliphatic heterocycles. The first-order valence-electron chi connectivity index (χ1n) is 7.85. The van der Waals surface area contributed by atoms with Crippen LogP contribution in [0.4, 0.5) is 5.69 Å². The van der Waals surface area contributed by atoms with Crippen molar-refractivity contribution in [1.82, 2.24) is 9.55 Å². The van der Waals surface area contributed by atoms with Crippen LogP contribution < -0.4 is 5.32 Å². The second-order valence-corrected chi connectivity index (χ2v) is 7.55. The van der Waals surface area contributed by atoms with Crippen molar-refractivity contribution in [2.75, 3.05) is 11.1 Å². The molecule has 1 heterocycles. The van der Waals surface area contributed by atoms with Crippen molar-refractivity contribution in [2.45, 2.75) is 18.4 Å². The summed E-state index contributed by atoms with van der Waals surface area (Å²) >= 11 is 4.93. The average molecular weight is 416 g/mol. The van der Waals surface area contributed by atoms with Gasteiger partial charge < -0.3 is 9.88 Å². The number of amides is 1. The van der Waals surface area contributed by atoms with Gasteiger partial charge in [0, 0.05) is 34.0 Å². The van der Waals surface area contributed by atoms with Gasteiger partial charge in [-0.2, -0.15) is 0 Å². The molecule has 1 amide bonds. The van der Waals surface area contributed by atoms with Crippen molar-refractivity contribution in [1.29, 1.82) is 0 Å². The third-order valence-electron chi connectivity index (χ3n) is 3.70. The summed E-state index contributed by atoms with van der Waals surface area (Å²) in [6, 6.07) is 15.9. The van der Waals surface area contributed by atoms with E-state index in [0.717, 1.165) is 27.4 Å². The highest BCUT2D eigenvalue weighted by Crippen LogP contribution is 2.21. The summed E-state index contributed by atoms with van der Waals surface area (Å²) in [5.41, 5.74) is 1.98. The number of thioether (sulfide) groups is 1. The van der Waals surface area contributed by atoms with E-state index in [1.165, 1.54) is 17.3 Å². The minimum Gasteiger partial charge on any atom is -0.331 e. The van der Waals surface area contributed by atoms with Crippen LogP contribution in [0.3, 0.4) is 0 Å². The maximum atomic E-state index is 12.1. The van der Waals surface area contributed by atoms with Crippen LogP contribution in [0.5, 0.6) is 0 Å². The molecule has 2 aromatic carbocycles. The highest BCUT2D eigenvalue weighted by atomic mass is 79.9. The minimum absolute atomic E-state index is 0.00822. The van der Waals surface area contributed by atoms with Gasteiger partial charge in [-0.25, -0.2) is 4.98 Å². The fraction of sp³-hybridized carbons (Fsp3) is 0.158. The smallest absolute Gasteiger partial charge is 0.234 e. The maximum Gasteiger partial charge on any atom is 0.234 e. The van der Waals surface area contributed by atoms with E-state index in [1.54, 1.807) is 6.20 Å². The highest BCUT2D eigenvalue weighted by molar-refractivity contribution is 9.10. The predicted octanol–water partition coefficient (Wildman–Crippen LogP) is 4.73. The summed E-state index contributed by atoms with van der Waals surface area (Å²) in [6.45, 7) is 2.76. The molecule has 4 nitrogen and oxygen atoms in total. The van der Waals surface area contributed by atoms with E-state index in [-0.39, 0.29) is 5.91 Å². The number of anilines is 1. The molecule has 128 valence electrons. The lowest BCUT2D eigenvalue weighted by Crippen LogP contribution is -2.14. The van der Waals surface area contributed by atoms with Crippen molar-refractivity contribution in [3.05, 3.63) is 76.8 Å². The monoisotopic (exact) mass is 415 g/mol. The Morgan fingerprint density at radius 2 is 1.88 bits per heavy atom. The lowest BCUT2D eigenvalue weighted by atomic mass is 10.2. The number of benzene rings is 2. The second kappa shape index (κ2) is 8.36. The zero-order chi connectivity index (χ0) is 17.6. The number of halogens is 1. The van der Waals surface area contributed by atoms with E-state index in [0.29, 0.717) is 5.75 Å². The predicted molar refractivity (Wildman–Crippen MR) is 106 cm³/mol. The third kappa shape index (κ3) is 5.21. The molecule has 0 atom stereocenters. The summed E-state index contributed by atoms with van der Waals surface area (Å²) < 4.78 is 3.12. The van der Waals surface area contributed by atoms with E-state index in [1.807, 2.05) is 61.7 Å².